The number of para-hydroxylation sites is 1. The van der Waals surface area contributed by atoms with Crippen molar-refractivity contribution in [2.24, 2.45) is 0 Å². The fourth-order valence-electron chi connectivity index (χ4n) is 2.74. The number of amides is 1. The lowest BCUT2D eigenvalue weighted by Crippen LogP contribution is -2.32. The maximum Gasteiger partial charge on any atom is 0.233 e. The third-order valence-electron chi connectivity index (χ3n) is 3.98. The smallest absolute Gasteiger partial charge is 0.233 e. The molecule has 0 fully saturated rings. The van der Waals surface area contributed by atoms with Gasteiger partial charge >= 0.3 is 0 Å². The Balaban J connectivity index is 1.78. The van der Waals surface area contributed by atoms with Crippen LogP contribution in [0.5, 0.6) is 0 Å². The Morgan fingerprint density at radius 3 is 2.72 bits per heavy atom. The molecular formula is C20H19BrN2OS. The second kappa shape index (κ2) is 7.93. The fourth-order valence-corrected chi connectivity index (χ4v) is 3.96. The monoisotopic (exact) mass is 414 g/mol. The van der Waals surface area contributed by atoms with Crippen molar-refractivity contribution in [3.63, 3.8) is 0 Å². The number of nitrogens with zero attached hydrogens (tertiary/aromatic N) is 2. The molecule has 0 saturated heterocycles. The van der Waals surface area contributed by atoms with Gasteiger partial charge in [-0.05, 0) is 37.6 Å². The Morgan fingerprint density at radius 2 is 2.00 bits per heavy atom. The van der Waals surface area contributed by atoms with Gasteiger partial charge in [0.05, 0.1) is 12.1 Å². The van der Waals surface area contributed by atoms with Crippen LogP contribution in [0.1, 0.15) is 18.2 Å². The van der Waals surface area contributed by atoms with E-state index in [2.05, 4.69) is 20.9 Å². The summed E-state index contributed by atoms with van der Waals surface area (Å²) in [5, 5.41) is 2.91. The zero-order valence-corrected chi connectivity index (χ0v) is 16.6. The van der Waals surface area contributed by atoms with Crippen molar-refractivity contribution in [1.29, 1.82) is 0 Å². The van der Waals surface area contributed by atoms with E-state index in [1.807, 2.05) is 72.7 Å². The van der Waals surface area contributed by atoms with Crippen LogP contribution in [0, 0.1) is 6.92 Å². The maximum atomic E-state index is 12.8. The Hall–Kier alpha value is -1.98. The Morgan fingerprint density at radius 1 is 1.20 bits per heavy atom. The fraction of sp³-hybridized carbons (Fsp3) is 0.200. The summed E-state index contributed by atoms with van der Waals surface area (Å²) in [6.45, 7) is 4.67. The first-order valence-electron chi connectivity index (χ1n) is 8.15. The molecule has 0 aliphatic carbocycles. The minimum atomic E-state index is 0.0721. The van der Waals surface area contributed by atoms with E-state index in [0.29, 0.717) is 13.0 Å². The number of aryl methyl sites for hydroxylation is 1. The van der Waals surface area contributed by atoms with Crippen LogP contribution in [0.25, 0.3) is 10.6 Å². The molecule has 0 aliphatic heterocycles. The number of carbonyl (C=O) groups is 1. The van der Waals surface area contributed by atoms with Gasteiger partial charge in [-0.1, -0.05) is 46.3 Å². The van der Waals surface area contributed by atoms with E-state index >= 15 is 0 Å². The van der Waals surface area contributed by atoms with Crippen LogP contribution < -0.4 is 4.90 Å². The van der Waals surface area contributed by atoms with Crippen molar-refractivity contribution in [3.8, 4) is 10.6 Å². The first-order valence-corrected chi connectivity index (χ1v) is 9.82. The molecule has 1 amide bonds. The maximum absolute atomic E-state index is 12.8. The first-order chi connectivity index (χ1) is 12.1. The molecule has 0 radical (unpaired) electrons. The summed E-state index contributed by atoms with van der Waals surface area (Å²) >= 11 is 5.05. The number of rotatable bonds is 5. The quantitative estimate of drug-likeness (QED) is 0.553. The van der Waals surface area contributed by atoms with Crippen LogP contribution in [-0.4, -0.2) is 17.4 Å². The van der Waals surface area contributed by atoms with Crippen molar-refractivity contribution >= 4 is 38.9 Å². The van der Waals surface area contributed by atoms with Crippen molar-refractivity contribution in [1.82, 2.24) is 4.98 Å². The molecule has 3 nitrogen and oxygen atoms in total. The summed E-state index contributed by atoms with van der Waals surface area (Å²) in [4.78, 5) is 19.3. The highest BCUT2D eigenvalue weighted by molar-refractivity contribution is 9.10. The summed E-state index contributed by atoms with van der Waals surface area (Å²) in [6.07, 6.45) is 0.312. The Labute approximate surface area is 160 Å². The molecule has 2 aromatic carbocycles. The largest absolute Gasteiger partial charge is 0.312 e. The molecule has 0 atom stereocenters. The highest BCUT2D eigenvalue weighted by Crippen LogP contribution is 2.27. The predicted octanol–water partition coefficient (Wildman–Crippen LogP) is 5.48. The number of halogens is 1. The second-order valence-electron chi connectivity index (χ2n) is 5.76. The van der Waals surface area contributed by atoms with E-state index in [0.717, 1.165) is 32.0 Å². The average molecular weight is 415 g/mol. The third kappa shape index (κ3) is 4.17. The highest BCUT2D eigenvalue weighted by atomic mass is 79.9. The molecule has 0 saturated carbocycles. The van der Waals surface area contributed by atoms with Gasteiger partial charge in [0.25, 0.3) is 0 Å². The van der Waals surface area contributed by atoms with Crippen LogP contribution in [-0.2, 0) is 11.2 Å². The number of hydrogen-bond acceptors (Lipinski definition) is 3. The lowest BCUT2D eigenvalue weighted by Gasteiger charge is -2.22. The van der Waals surface area contributed by atoms with E-state index in [1.165, 1.54) is 0 Å². The SMILES string of the molecule is CCN(C(=O)Cc1csc(-c2cccc(Br)c2)n1)c1ccccc1C. The number of likely N-dealkylation sites (N-methyl/N-ethyl adjacent to an activating group) is 1. The molecule has 0 bridgehead atoms. The summed E-state index contributed by atoms with van der Waals surface area (Å²) in [5.41, 5.74) is 3.95. The number of carbonyl (C=O) groups excluding carboxylic acids is 1. The normalized spacial score (nSPS) is 10.7. The number of thiazole rings is 1. The lowest BCUT2D eigenvalue weighted by atomic mass is 10.1. The first kappa shape index (κ1) is 17.8. The molecule has 1 aromatic heterocycles. The summed E-state index contributed by atoms with van der Waals surface area (Å²) < 4.78 is 1.02. The minimum Gasteiger partial charge on any atom is -0.312 e. The molecule has 3 rings (SSSR count). The van der Waals surface area contributed by atoms with Gasteiger partial charge < -0.3 is 4.90 Å². The van der Waals surface area contributed by atoms with Crippen molar-refractivity contribution in [3.05, 3.63) is 69.6 Å². The van der Waals surface area contributed by atoms with Crippen LogP contribution in [0.15, 0.2) is 58.4 Å². The lowest BCUT2D eigenvalue weighted by molar-refractivity contribution is -0.118. The molecule has 0 spiro atoms. The van der Waals surface area contributed by atoms with Gasteiger partial charge in [0.15, 0.2) is 0 Å². The zero-order chi connectivity index (χ0) is 17.8. The summed E-state index contributed by atoms with van der Waals surface area (Å²) in [7, 11) is 0. The highest BCUT2D eigenvalue weighted by Gasteiger charge is 2.17. The van der Waals surface area contributed by atoms with Crippen LogP contribution in [0.2, 0.25) is 0 Å². The molecule has 25 heavy (non-hydrogen) atoms. The standard InChI is InChI=1S/C20H19BrN2OS/c1-3-23(18-10-5-4-7-14(18)2)19(24)12-17-13-25-20(22-17)15-8-6-9-16(21)11-15/h4-11,13H,3,12H2,1-2H3. The third-order valence-corrected chi connectivity index (χ3v) is 5.41. The van der Waals surface area contributed by atoms with Crippen LogP contribution in [0.3, 0.4) is 0 Å². The molecule has 3 aromatic rings. The van der Waals surface area contributed by atoms with E-state index in [9.17, 15) is 4.79 Å². The molecule has 0 N–H and O–H groups in total. The minimum absolute atomic E-state index is 0.0721. The van der Waals surface area contributed by atoms with Gasteiger partial charge in [-0.2, -0.15) is 0 Å². The topological polar surface area (TPSA) is 33.2 Å². The van der Waals surface area contributed by atoms with Gasteiger partial charge in [-0.25, -0.2) is 4.98 Å². The molecule has 0 unspecified atom stereocenters. The van der Waals surface area contributed by atoms with Crippen LogP contribution >= 0.6 is 27.3 Å². The average Bonchev–Trinajstić information content (AvgIpc) is 3.06. The molecule has 0 aliphatic rings. The number of aromatic nitrogens is 1. The number of anilines is 1. The van der Waals surface area contributed by atoms with Crippen molar-refractivity contribution in [2.75, 3.05) is 11.4 Å². The van der Waals surface area contributed by atoms with E-state index in [-0.39, 0.29) is 5.91 Å². The molecule has 5 heteroatoms. The second-order valence-corrected chi connectivity index (χ2v) is 7.53. The van der Waals surface area contributed by atoms with Gasteiger partial charge in [0.1, 0.15) is 5.01 Å². The van der Waals surface area contributed by atoms with Crippen molar-refractivity contribution in [2.45, 2.75) is 20.3 Å². The van der Waals surface area contributed by atoms with Gasteiger partial charge in [0.2, 0.25) is 5.91 Å². The van der Waals surface area contributed by atoms with E-state index < -0.39 is 0 Å². The van der Waals surface area contributed by atoms with E-state index in [4.69, 9.17) is 0 Å². The van der Waals surface area contributed by atoms with E-state index in [1.54, 1.807) is 11.3 Å². The summed E-state index contributed by atoms with van der Waals surface area (Å²) in [6, 6.07) is 16.0. The van der Waals surface area contributed by atoms with Gasteiger partial charge in [-0.15, -0.1) is 11.3 Å². The molecular weight excluding hydrogens is 396 g/mol. The number of benzene rings is 2. The zero-order valence-electron chi connectivity index (χ0n) is 14.2. The predicted molar refractivity (Wildman–Crippen MR) is 108 cm³/mol. The Kier molecular flexibility index (Phi) is 5.66. The summed E-state index contributed by atoms with van der Waals surface area (Å²) in [5.74, 6) is 0.0721. The molecule has 1 heterocycles. The van der Waals surface area contributed by atoms with Gasteiger partial charge in [-0.3, -0.25) is 4.79 Å². The Bertz CT molecular complexity index is 891. The van der Waals surface area contributed by atoms with Crippen LogP contribution in [0.4, 0.5) is 5.69 Å². The number of hydrogen-bond donors (Lipinski definition) is 0. The van der Waals surface area contributed by atoms with Crippen molar-refractivity contribution < 1.29 is 4.79 Å². The molecule has 128 valence electrons. The van der Waals surface area contributed by atoms with Gasteiger partial charge in [0, 0.05) is 27.6 Å².